The zero-order valence-electron chi connectivity index (χ0n) is 23.2. The molecule has 0 saturated heterocycles. The molecule has 0 aliphatic carbocycles. The maximum absolute atomic E-state index is 11.2. The molecule has 0 spiro atoms. The third kappa shape index (κ3) is 28.9. The molecule has 12 nitrogen and oxygen atoms in total. The Labute approximate surface area is 227 Å². The van der Waals surface area contributed by atoms with Gasteiger partial charge in [-0.1, -0.05) is 13.5 Å². The second-order valence-corrected chi connectivity index (χ2v) is 7.79. The van der Waals surface area contributed by atoms with Crippen molar-refractivity contribution in [3.8, 4) is 0 Å². The molecule has 0 unspecified atom stereocenters. The van der Waals surface area contributed by atoms with E-state index >= 15 is 0 Å². The number of ether oxygens (including phenoxy) is 10. The molecule has 0 aromatic rings. The van der Waals surface area contributed by atoms with E-state index in [0.717, 1.165) is 6.42 Å². The zero-order valence-corrected chi connectivity index (χ0v) is 23.2. The molecule has 224 valence electrons. The molecule has 0 amide bonds. The minimum atomic E-state index is -0.415. The molecule has 0 aromatic heterocycles. The van der Waals surface area contributed by atoms with Crippen molar-refractivity contribution in [3.63, 3.8) is 0 Å². The van der Waals surface area contributed by atoms with Gasteiger partial charge in [-0.05, 0) is 13.3 Å². The van der Waals surface area contributed by atoms with Gasteiger partial charge < -0.3 is 47.4 Å². The molecule has 38 heavy (non-hydrogen) atoms. The second kappa shape index (κ2) is 29.9. The molecule has 0 aromatic carbocycles. The number of hydrogen-bond acceptors (Lipinski definition) is 12. The highest BCUT2D eigenvalue weighted by molar-refractivity contribution is 5.86. The third-order valence-corrected chi connectivity index (χ3v) is 4.36. The summed E-state index contributed by atoms with van der Waals surface area (Å²) in [5.74, 6) is -0.606. The topological polar surface area (TPSA) is 126 Å². The summed E-state index contributed by atoms with van der Waals surface area (Å²) >= 11 is 0. The van der Waals surface area contributed by atoms with Gasteiger partial charge in [0.05, 0.1) is 106 Å². The molecule has 0 aliphatic heterocycles. The van der Waals surface area contributed by atoms with E-state index in [4.69, 9.17) is 47.4 Å². The van der Waals surface area contributed by atoms with Crippen LogP contribution in [0.25, 0.3) is 0 Å². The summed E-state index contributed by atoms with van der Waals surface area (Å²) in [5, 5.41) is 0. The third-order valence-electron chi connectivity index (χ3n) is 4.36. The van der Waals surface area contributed by atoms with Gasteiger partial charge in [0.1, 0.15) is 13.2 Å². The van der Waals surface area contributed by atoms with E-state index in [-0.39, 0.29) is 19.2 Å². The lowest BCUT2D eigenvalue weighted by Gasteiger charge is -2.09. The number of esters is 2. The molecular formula is C26H48O12. The fourth-order valence-electron chi connectivity index (χ4n) is 2.45. The Morgan fingerprint density at radius 1 is 0.474 bits per heavy atom. The van der Waals surface area contributed by atoms with Crippen LogP contribution in [0.2, 0.25) is 0 Å². The molecule has 0 heterocycles. The molecule has 0 atom stereocenters. The summed E-state index contributed by atoms with van der Waals surface area (Å²) in [6.07, 6.45) is 1.22. The Hall–Kier alpha value is -1.64. The van der Waals surface area contributed by atoms with Gasteiger partial charge in [0, 0.05) is 12.0 Å². The zero-order chi connectivity index (χ0) is 27.9. The van der Waals surface area contributed by atoms with E-state index in [2.05, 4.69) is 6.58 Å². The summed E-state index contributed by atoms with van der Waals surface area (Å²) in [7, 11) is 0. The van der Waals surface area contributed by atoms with Gasteiger partial charge in [-0.2, -0.15) is 0 Å². The van der Waals surface area contributed by atoms with E-state index in [1.165, 1.54) is 0 Å². The van der Waals surface area contributed by atoms with Crippen LogP contribution in [-0.4, -0.2) is 131 Å². The van der Waals surface area contributed by atoms with Crippen molar-refractivity contribution in [1.82, 2.24) is 0 Å². The Morgan fingerprint density at radius 3 is 1.00 bits per heavy atom. The van der Waals surface area contributed by atoms with E-state index in [1.54, 1.807) is 6.92 Å². The fourth-order valence-corrected chi connectivity index (χ4v) is 2.45. The lowest BCUT2D eigenvalue weighted by atomic mass is 10.3. The predicted octanol–water partition coefficient (Wildman–Crippen LogP) is 1.58. The van der Waals surface area contributed by atoms with Crippen LogP contribution in [0.4, 0.5) is 0 Å². The number of rotatable bonds is 30. The minimum Gasteiger partial charge on any atom is -0.463 e. The van der Waals surface area contributed by atoms with Gasteiger partial charge in [0.2, 0.25) is 0 Å². The first kappa shape index (κ1) is 36.4. The van der Waals surface area contributed by atoms with Gasteiger partial charge in [-0.3, -0.25) is 4.79 Å². The monoisotopic (exact) mass is 552 g/mol. The molecule has 0 N–H and O–H groups in total. The average Bonchev–Trinajstić information content (AvgIpc) is 2.90. The summed E-state index contributed by atoms with van der Waals surface area (Å²) in [6, 6.07) is 0. The fraction of sp³-hybridized carbons (Fsp3) is 0.846. The Morgan fingerprint density at radius 2 is 0.737 bits per heavy atom. The van der Waals surface area contributed by atoms with Crippen molar-refractivity contribution in [2.75, 3.05) is 119 Å². The Kier molecular flexibility index (Phi) is 28.6. The van der Waals surface area contributed by atoms with Gasteiger partial charge in [0.15, 0.2) is 0 Å². The molecule has 0 bridgehead atoms. The number of carbonyl (C=O) groups excluding carboxylic acids is 2. The van der Waals surface area contributed by atoms with Crippen LogP contribution in [0, 0.1) is 0 Å². The van der Waals surface area contributed by atoms with Gasteiger partial charge >= 0.3 is 11.9 Å². The lowest BCUT2D eigenvalue weighted by Crippen LogP contribution is -2.15. The van der Waals surface area contributed by atoms with Crippen LogP contribution >= 0.6 is 0 Å². The summed E-state index contributed by atoms with van der Waals surface area (Å²) in [4.78, 5) is 22.3. The largest absolute Gasteiger partial charge is 0.463 e. The van der Waals surface area contributed by atoms with Crippen molar-refractivity contribution >= 4 is 11.9 Å². The molecule has 0 rings (SSSR count). The minimum absolute atomic E-state index is 0.192. The van der Waals surface area contributed by atoms with Gasteiger partial charge in [0.25, 0.3) is 0 Å². The lowest BCUT2D eigenvalue weighted by molar-refractivity contribution is -0.145. The predicted molar refractivity (Wildman–Crippen MR) is 138 cm³/mol. The summed E-state index contributed by atoms with van der Waals surface area (Å²) < 4.78 is 52.9. The van der Waals surface area contributed by atoms with Crippen molar-refractivity contribution in [1.29, 1.82) is 0 Å². The van der Waals surface area contributed by atoms with Crippen LogP contribution in [0.1, 0.15) is 26.7 Å². The maximum atomic E-state index is 11.2. The van der Waals surface area contributed by atoms with E-state index in [9.17, 15) is 9.59 Å². The molecule has 0 fully saturated rings. The first-order valence-electron chi connectivity index (χ1n) is 13.2. The van der Waals surface area contributed by atoms with Gasteiger partial charge in [-0.15, -0.1) is 0 Å². The first-order chi connectivity index (χ1) is 18.6. The van der Waals surface area contributed by atoms with Crippen molar-refractivity contribution in [2.24, 2.45) is 0 Å². The van der Waals surface area contributed by atoms with Gasteiger partial charge in [-0.25, -0.2) is 4.79 Å². The van der Waals surface area contributed by atoms with Crippen molar-refractivity contribution in [3.05, 3.63) is 12.2 Å². The van der Waals surface area contributed by atoms with E-state index in [0.29, 0.717) is 118 Å². The summed E-state index contributed by atoms with van der Waals surface area (Å²) in [6.45, 7) is 14.8. The second-order valence-electron chi connectivity index (χ2n) is 7.79. The van der Waals surface area contributed by atoms with E-state index < -0.39 is 5.97 Å². The van der Waals surface area contributed by atoms with Crippen LogP contribution in [-0.2, 0) is 57.0 Å². The van der Waals surface area contributed by atoms with Crippen LogP contribution in [0.3, 0.4) is 0 Å². The summed E-state index contributed by atoms with van der Waals surface area (Å²) in [5.41, 5.74) is 0.368. The van der Waals surface area contributed by atoms with E-state index in [1.807, 2.05) is 6.92 Å². The number of carbonyl (C=O) groups is 2. The molecule has 12 heteroatoms. The SMILES string of the molecule is C=C(C)C(=O)OCCOCCOCCOCCOCCOCCOCCOCCOCCOC(=O)CCC. The molecule has 0 radical (unpaired) electrons. The van der Waals surface area contributed by atoms with Crippen LogP contribution in [0.15, 0.2) is 12.2 Å². The first-order valence-corrected chi connectivity index (χ1v) is 13.2. The smallest absolute Gasteiger partial charge is 0.333 e. The average molecular weight is 553 g/mol. The molecule has 0 aliphatic rings. The Bertz CT molecular complexity index is 558. The van der Waals surface area contributed by atoms with Crippen LogP contribution < -0.4 is 0 Å². The highest BCUT2D eigenvalue weighted by Gasteiger charge is 2.02. The standard InChI is InChI=1S/C26H48O12/c1-4-5-25(27)37-22-20-35-18-16-33-14-12-31-10-8-29-6-7-30-9-11-32-13-15-34-17-19-36-21-23-38-26(28)24(2)3/h2,4-23H2,1,3H3. The highest BCUT2D eigenvalue weighted by atomic mass is 16.6. The van der Waals surface area contributed by atoms with Crippen molar-refractivity contribution < 1.29 is 57.0 Å². The van der Waals surface area contributed by atoms with Crippen molar-refractivity contribution in [2.45, 2.75) is 26.7 Å². The van der Waals surface area contributed by atoms with Crippen LogP contribution in [0.5, 0.6) is 0 Å². The normalized spacial score (nSPS) is 11.0. The number of hydrogen-bond donors (Lipinski definition) is 0. The molecule has 0 saturated carbocycles. The maximum Gasteiger partial charge on any atom is 0.333 e. The highest BCUT2D eigenvalue weighted by Crippen LogP contribution is 1.92. The quantitative estimate of drug-likeness (QED) is 0.0729. The molecular weight excluding hydrogens is 504 g/mol. The Balaban J connectivity index is 3.09.